The van der Waals surface area contributed by atoms with E-state index in [4.69, 9.17) is 97.5 Å². The molecule has 4 saturated heterocycles. The lowest BCUT2D eigenvalue weighted by atomic mass is 10.1. The predicted molar refractivity (Wildman–Crippen MR) is 432 cm³/mol. The average Bonchev–Trinajstić information content (AvgIpc) is 1.73. The molecule has 0 atom stereocenters. The van der Waals surface area contributed by atoms with Crippen LogP contribution >= 0.6 is 31.3 Å². The number of furan rings is 5. The number of hydrogen-bond donors (Lipinski definition) is 1. The van der Waals surface area contributed by atoms with E-state index in [0.29, 0.717) is 183 Å². The minimum atomic E-state index is -3.22. The molecular formula is C79H119BrO33P2. The Hall–Kier alpha value is -7.96. The molecule has 650 valence electrons. The lowest BCUT2D eigenvalue weighted by molar-refractivity contribution is -0.140. The lowest BCUT2D eigenvalue weighted by Crippen LogP contribution is -2.15. The molecule has 4 aliphatic heterocycles. The molecule has 4 fully saturated rings. The van der Waals surface area contributed by atoms with E-state index in [9.17, 15) is 37.9 Å². The van der Waals surface area contributed by atoms with Gasteiger partial charge in [0, 0.05) is 52.9 Å². The third-order valence-corrected chi connectivity index (χ3v) is 18.0. The molecule has 36 heteroatoms. The van der Waals surface area contributed by atoms with E-state index >= 15 is 0 Å². The smallest absolute Gasteiger partial charge is 0.478 e. The van der Waals surface area contributed by atoms with Crippen LogP contribution in [0.15, 0.2) is 149 Å². The summed E-state index contributed by atoms with van der Waals surface area (Å²) in [7, 11) is -6.15. The summed E-state index contributed by atoms with van der Waals surface area (Å²) in [5, 5.41) is 11.5. The highest BCUT2D eigenvalue weighted by Gasteiger charge is 2.28. The average molecular weight is 1740 g/mol. The van der Waals surface area contributed by atoms with Crippen LogP contribution in [0.2, 0.25) is 0 Å². The lowest BCUT2D eigenvalue weighted by Gasteiger charge is -2.18. The van der Waals surface area contributed by atoms with Gasteiger partial charge >= 0.3 is 45.5 Å². The highest BCUT2D eigenvalue weighted by molar-refractivity contribution is 9.09. The van der Waals surface area contributed by atoms with Crippen molar-refractivity contribution in [2.45, 2.75) is 142 Å². The second-order valence-corrected chi connectivity index (χ2v) is 26.3. The molecule has 115 heavy (non-hydrogen) atoms. The van der Waals surface area contributed by atoms with Crippen LogP contribution in [0.3, 0.4) is 0 Å². The fraction of sp³-hybridized carbons (Fsp3) is 0.519. The van der Waals surface area contributed by atoms with E-state index in [2.05, 4.69) is 29.8 Å². The number of aromatic carboxylic acids is 1. The van der Waals surface area contributed by atoms with Gasteiger partial charge in [0.2, 0.25) is 0 Å². The van der Waals surface area contributed by atoms with Gasteiger partial charge in [-0.1, -0.05) is 50.3 Å². The molecule has 33 nitrogen and oxygen atoms in total. The number of halogens is 1. The van der Waals surface area contributed by atoms with E-state index in [0.717, 1.165) is 35.7 Å². The molecule has 2 aromatic carbocycles. The summed E-state index contributed by atoms with van der Waals surface area (Å²) in [6.07, 6.45) is 12.7. The summed E-state index contributed by atoms with van der Waals surface area (Å²) in [6.45, 7) is 26.2. The zero-order valence-corrected chi connectivity index (χ0v) is 68.2. The minimum Gasteiger partial charge on any atom is -0.478 e. The first-order chi connectivity index (χ1) is 53.7. The third-order valence-electron chi connectivity index (χ3n) is 13.7. The molecular weight excluding hydrogens is 1620 g/mol. The Bertz CT molecular complexity index is 3650. The Morgan fingerprint density at radius 3 is 1.12 bits per heavy atom. The van der Waals surface area contributed by atoms with Crippen molar-refractivity contribution >= 4 is 102 Å². The van der Waals surface area contributed by atoms with Crippen molar-refractivity contribution < 1.29 is 155 Å². The maximum Gasteiger partial charge on any atom is 0.508 e. The van der Waals surface area contributed by atoms with Gasteiger partial charge in [-0.15, -0.1) is 0 Å². The number of benzene rings is 2. The Morgan fingerprint density at radius 1 is 0.435 bits per heavy atom. The second-order valence-electron chi connectivity index (χ2n) is 21.7. The zero-order valence-electron chi connectivity index (χ0n) is 64.9. The first-order valence-electron chi connectivity index (χ1n) is 36.1. The van der Waals surface area contributed by atoms with Gasteiger partial charge in [-0.05, 0) is 154 Å². The van der Waals surface area contributed by atoms with E-state index < -0.39 is 27.5 Å². The fourth-order valence-corrected chi connectivity index (χ4v) is 12.2. The van der Waals surface area contributed by atoms with Gasteiger partial charge in [0.05, 0.1) is 168 Å². The SMILES string of the molecule is BrCCC1OCCO1.C.C.C.CCOC(=O)/C(=C/c1ccco1)CC1OCCO1.CCOC(=O)/C(=C/c1ccco1)CC1OCCO1.CCOC(=O)OCC.CCOC(=O)c1ccc2ccoc2c1.CCOP(=O)(CCC1OCCO1)OCC.CCOP(=O)(OCC)OCC.O.O=C(O)c1ccc2ccoc2c1.O=Cc1ccco1. The number of esters is 3. The monoisotopic (exact) mass is 1740 g/mol. The number of aldehydes is 1. The number of carboxylic acid groups (broad SMARTS) is 1. The summed E-state index contributed by atoms with van der Waals surface area (Å²) >= 11 is 3.30. The van der Waals surface area contributed by atoms with E-state index in [-0.39, 0.29) is 76.4 Å². The number of rotatable bonds is 31. The van der Waals surface area contributed by atoms with Crippen molar-refractivity contribution in [3.8, 4) is 0 Å². The molecule has 0 aliphatic carbocycles. The molecule has 11 rings (SSSR count). The molecule has 0 bridgehead atoms. The van der Waals surface area contributed by atoms with Gasteiger partial charge in [0.1, 0.15) is 22.7 Å². The van der Waals surface area contributed by atoms with Crippen LogP contribution in [-0.2, 0) is 103 Å². The van der Waals surface area contributed by atoms with Crippen molar-refractivity contribution in [2.24, 2.45) is 0 Å². The van der Waals surface area contributed by atoms with Gasteiger partial charge in [-0.25, -0.2) is 28.5 Å². The molecule has 0 spiro atoms. The number of fused-ring (bicyclic) bond motifs is 2. The Morgan fingerprint density at radius 2 is 0.791 bits per heavy atom. The zero-order chi connectivity index (χ0) is 81.3. The van der Waals surface area contributed by atoms with Crippen molar-refractivity contribution in [1.82, 2.24) is 0 Å². The molecule has 0 saturated carbocycles. The Labute approximate surface area is 681 Å². The summed E-state index contributed by atoms with van der Waals surface area (Å²) in [6, 6.07) is 24.0. The van der Waals surface area contributed by atoms with Gasteiger partial charge in [0.25, 0.3) is 0 Å². The standard InChI is InChI=1S/2C13H16O5.C11H10O3.C9H19O5P.C9H6O3.C6H15O4P.C5H9BrO2.C5H10O3.C5H4O2.3CH4.H2O/c2*1-2-15-13(14)10(8-11-4-3-5-16-11)9-12-17-6-7-18-12;1-2-13-11(12)9-4-3-8-5-6-14-10(8)7-9;1-3-13-15(10,14-4-2)8-5-9-11-6-7-12-9;10-9(11)7-2-1-6-3-4-12-8(6)5-7;1-4-8-11(7,9-5-2)10-6-3;6-2-1-5-7-3-4-8-5;1-3-7-5(6)8-4-2;6-4-5-2-1-3-7-5;;;;/h2*3-5,8,12H,2,6-7,9H2,1H3;3-7H,2H2,1H3;9H,3-8H2,1-2H3;1-5H,(H,10,11);4-6H2,1-3H3;5H,1-4H2;3-4H2,1-2H3;1-4H;3*1H4;1H2/b2*10-8+;;;;;;;;;;;. The quantitative estimate of drug-likeness (QED) is 0.0105. The molecule has 9 heterocycles. The molecule has 0 amide bonds. The summed E-state index contributed by atoms with van der Waals surface area (Å²) in [4.78, 5) is 65.5. The first kappa shape index (κ1) is 109. The highest BCUT2D eigenvalue weighted by Crippen LogP contribution is 2.50. The van der Waals surface area contributed by atoms with Crippen LogP contribution in [0.25, 0.3) is 34.1 Å². The summed E-state index contributed by atoms with van der Waals surface area (Å²) in [5.74, 6) is -0.396. The van der Waals surface area contributed by atoms with Gasteiger partial charge in [-0.2, -0.15) is 0 Å². The molecule has 4 aliphatic rings. The molecule has 5 aromatic heterocycles. The van der Waals surface area contributed by atoms with Crippen molar-refractivity contribution in [3.63, 3.8) is 0 Å². The fourth-order valence-electron chi connectivity index (χ4n) is 9.02. The van der Waals surface area contributed by atoms with E-state index in [1.807, 2.05) is 12.1 Å². The van der Waals surface area contributed by atoms with Gasteiger partial charge in [-0.3, -0.25) is 22.9 Å². The van der Waals surface area contributed by atoms with Crippen LogP contribution < -0.4 is 0 Å². The molecule has 3 N–H and O–H groups in total. The maximum atomic E-state index is 12.0. The number of carbonyl (C=O) groups excluding carboxylic acids is 5. The van der Waals surface area contributed by atoms with Gasteiger partial charge in [0.15, 0.2) is 37.2 Å². The van der Waals surface area contributed by atoms with E-state index in [1.165, 1.54) is 18.6 Å². The molecule has 0 unspecified atom stereocenters. The van der Waals surface area contributed by atoms with Crippen LogP contribution in [0.1, 0.15) is 160 Å². The predicted octanol–water partition coefficient (Wildman–Crippen LogP) is 17.4. The minimum absolute atomic E-state index is 0. The highest BCUT2D eigenvalue weighted by atomic mass is 79.9. The first-order valence-corrected chi connectivity index (χ1v) is 40.4. The largest absolute Gasteiger partial charge is 0.508 e. The number of phosphoric acid groups is 1. The number of phosphoric ester groups is 1. The summed E-state index contributed by atoms with van der Waals surface area (Å²) < 4.78 is 139. The van der Waals surface area contributed by atoms with Crippen LogP contribution in [0, 0.1) is 0 Å². The van der Waals surface area contributed by atoms with Crippen LogP contribution in [0.4, 0.5) is 4.79 Å². The number of alkyl halides is 1. The topological polar surface area (TPSA) is 420 Å². The molecule has 0 radical (unpaired) electrons. The van der Waals surface area contributed by atoms with Gasteiger partial charge < -0.3 is 103 Å². The number of carbonyl (C=O) groups is 6. The van der Waals surface area contributed by atoms with Crippen molar-refractivity contribution in [3.05, 3.63) is 156 Å². The van der Waals surface area contributed by atoms with Crippen LogP contribution in [-0.4, -0.2) is 202 Å². The van der Waals surface area contributed by atoms with Crippen LogP contribution in [0.5, 0.6) is 0 Å². The molecule has 7 aromatic rings. The Kier molecular flexibility index (Phi) is 62.7. The maximum absolute atomic E-state index is 12.0. The second kappa shape index (κ2) is 66.1. The number of carboxylic acids is 1. The van der Waals surface area contributed by atoms with Crippen molar-refractivity contribution in [2.75, 3.05) is 130 Å². The third kappa shape index (κ3) is 46.5. The normalized spacial score (nSPS) is 13.9. The van der Waals surface area contributed by atoms with E-state index in [1.54, 1.807) is 167 Å². The number of hydrogen-bond acceptors (Lipinski definition) is 31. The summed E-state index contributed by atoms with van der Waals surface area (Å²) in [5.41, 5.74) is 3.05. The Balaban J connectivity index is 0. The van der Waals surface area contributed by atoms with Crippen molar-refractivity contribution in [1.29, 1.82) is 0 Å². The number of ether oxygens (including phenoxy) is 13.